The van der Waals surface area contributed by atoms with Crippen LogP contribution in [0, 0.1) is 13.8 Å². The summed E-state index contributed by atoms with van der Waals surface area (Å²) in [5.74, 6) is 0. The predicted octanol–water partition coefficient (Wildman–Crippen LogP) is 2.95. The third-order valence-electron chi connectivity index (χ3n) is 3.04. The van der Waals surface area contributed by atoms with Crippen LogP contribution in [0.15, 0.2) is 18.3 Å². The summed E-state index contributed by atoms with van der Waals surface area (Å²) < 4.78 is 1.80. The molecular formula is C13H17ClN4. The van der Waals surface area contributed by atoms with Crippen molar-refractivity contribution in [2.45, 2.75) is 33.2 Å². The molecule has 96 valence electrons. The summed E-state index contributed by atoms with van der Waals surface area (Å²) in [5.41, 5.74) is 9.47. The van der Waals surface area contributed by atoms with Gasteiger partial charge in [0.1, 0.15) is 0 Å². The van der Waals surface area contributed by atoms with Crippen molar-refractivity contribution < 1.29 is 0 Å². The van der Waals surface area contributed by atoms with Crippen molar-refractivity contribution in [3.63, 3.8) is 0 Å². The van der Waals surface area contributed by atoms with Crippen LogP contribution in [-0.4, -0.2) is 14.8 Å². The Labute approximate surface area is 112 Å². The molecule has 18 heavy (non-hydrogen) atoms. The molecule has 0 saturated carbocycles. The van der Waals surface area contributed by atoms with Gasteiger partial charge in [0, 0.05) is 6.04 Å². The van der Waals surface area contributed by atoms with Gasteiger partial charge in [-0.2, -0.15) is 5.10 Å². The molecule has 0 aliphatic heterocycles. The lowest BCUT2D eigenvalue weighted by Gasteiger charge is -2.09. The molecule has 4 nitrogen and oxygen atoms in total. The van der Waals surface area contributed by atoms with Crippen molar-refractivity contribution in [2.24, 2.45) is 5.73 Å². The van der Waals surface area contributed by atoms with Crippen LogP contribution in [-0.2, 0) is 0 Å². The molecular weight excluding hydrogens is 248 g/mol. The molecule has 0 aromatic carbocycles. The van der Waals surface area contributed by atoms with Crippen LogP contribution < -0.4 is 5.73 Å². The van der Waals surface area contributed by atoms with Crippen molar-refractivity contribution in [2.75, 3.05) is 0 Å². The molecule has 0 unspecified atom stereocenters. The Balaban J connectivity index is 2.37. The number of hydrogen-bond donors (Lipinski definition) is 1. The van der Waals surface area contributed by atoms with Gasteiger partial charge in [0.25, 0.3) is 0 Å². The lowest BCUT2D eigenvalue weighted by molar-refractivity contribution is 0.673. The van der Waals surface area contributed by atoms with Gasteiger partial charge in [-0.1, -0.05) is 18.5 Å². The maximum absolute atomic E-state index is 6.13. The van der Waals surface area contributed by atoms with E-state index in [4.69, 9.17) is 17.3 Å². The molecule has 2 rings (SSSR count). The molecule has 2 N–H and O–H groups in total. The number of halogens is 1. The van der Waals surface area contributed by atoms with Crippen LogP contribution in [0.4, 0.5) is 0 Å². The van der Waals surface area contributed by atoms with Crippen molar-refractivity contribution in [3.05, 3.63) is 40.4 Å². The Hall–Kier alpha value is -1.39. The minimum absolute atomic E-state index is 0.0110. The smallest absolute Gasteiger partial charge is 0.0848 e. The third kappa shape index (κ3) is 2.26. The number of pyridine rings is 1. The molecule has 0 fully saturated rings. The molecule has 5 heteroatoms. The Morgan fingerprint density at radius 3 is 2.56 bits per heavy atom. The zero-order valence-electron chi connectivity index (χ0n) is 10.8. The van der Waals surface area contributed by atoms with E-state index in [0.29, 0.717) is 5.02 Å². The lowest BCUT2D eigenvalue weighted by atomic mass is 10.1. The normalized spacial score (nSPS) is 12.7. The summed E-state index contributed by atoms with van der Waals surface area (Å²) in [6.07, 6.45) is 2.65. The fourth-order valence-corrected chi connectivity index (χ4v) is 1.94. The van der Waals surface area contributed by atoms with Gasteiger partial charge in [0.15, 0.2) is 0 Å². The molecule has 2 aromatic heterocycles. The molecule has 1 atom stereocenters. The van der Waals surface area contributed by atoms with E-state index in [1.807, 2.05) is 32.9 Å². The van der Waals surface area contributed by atoms with E-state index in [-0.39, 0.29) is 6.04 Å². The maximum atomic E-state index is 6.13. The number of rotatable bonds is 3. The van der Waals surface area contributed by atoms with E-state index in [1.54, 1.807) is 10.9 Å². The van der Waals surface area contributed by atoms with Crippen LogP contribution in [0.25, 0.3) is 5.69 Å². The molecule has 0 spiro atoms. The van der Waals surface area contributed by atoms with Crippen LogP contribution in [0.2, 0.25) is 5.02 Å². The van der Waals surface area contributed by atoms with Crippen LogP contribution in [0.3, 0.4) is 0 Å². The van der Waals surface area contributed by atoms with Gasteiger partial charge in [-0.05, 0) is 32.4 Å². The fraction of sp³-hybridized carbons (Fsp3) is 0.385. The van der Waals surface area contributed by atoms with Gasteiger partial charge in [0.2, 0.25) is 0 Å². The molecule has 2 heterocycles. The standard InChI is InChI=1S/C13H17ClN4/c1-4-11(15)12-6-5-10(7-16-12)18-9(3)13(14)8(2)17-18/h5-7,11H,4,15H2,1-3H3/t11-/m1/s1. The minimum Gasteiger partial charge on any atom is -0.323 e. The van der Waals surface area contributed by atoms with Gasteiger partial charge < -0.3 is 5.73 Å². The molecule has 2 aromatic rings. The highest BCUT2D eigenvalue weighted by Crippen LogP contribution is 2.22. The van der Waals surface area contributed by atoms with Gasteiger partial charge in [-0.15, -0.1) is 0 Å². The average molecular weight is 265 g/mol. The molecule has 0 bridgehead atoms. The second kappa shape index (κ2) is 5.08. The summed E-state index contributed by atoms with van der Waals surface area (Å²) in [4.78, 5) is 4.38. The average Bonchev–Trinajstić information content (AvgIpc) is 2.66. The second-order valence-corrected chi connectivity index (χ2v) is 4.73. The van der Waals surface area contributed by atoms with Gasteiger partial charge in [-0.25, -0.2) is 4.68 Å². The van der Waals surface area contributed by atoms with E-state index in [0.717, 1.165) is 29.2 Å². The monoisotopic (exact) mass is 264 g/mol. The summed E-state index contributed by atoms with van der Waals surface area (Å²) in [7, 11) is 0. The zero-order valence-corrected chi connectivity index (χ0v) is 11.6. The summed E-state index contributed by atoms with van der Waals surface area (Å²) in [6.45, 7) is 5.87. The van der Waals surface area contributed by atoms with E-state index >= 15 is 0 Å². The predicted molar refractivity (Wildman–Crippen MR) is 73.1 cm³/mol. The van der Waals surface area contributed by atoms with Gasteiger partial charge >= 0.3 is 0 Å². The molecule has 0 aliphatic rings. The van der Waals surface area contributed by atoms with E-state index in [9.17, 15) is 0 Å². The summed E-state index contributed by atoms with van der Waals surface area (Å²) in [5, 5.41) is 5.09. The van der Waals surface area contributed by atoms with Crippen molar-refractivity contribution >= 4 is 11.6 Å². The van der Waals surface area contributed by atoms with E-state index in [1.165, 1.54) is 0 Å². The van der Waals surface area contributed by atoms with E-state index < -0.39 is 0 Å². The lowest BCUT2D eigenvalue weighted by Crippen LogP contribution is -2.11. The van der Waals surface area contributed by atoms with E-state index in [2.05, 4.69) is 10.1 Å². The maximum Gasteiger partial charge on any atom is 0.0848 e. The zero-order chi connectivity index (χ0) is 13.3. The molecule has 0 saturated heterocycles. The number of hydrogen-bond acceptors (Lipinski definition) is 3. The molecule has 0 aliphatic carbocycles. The highest BCUT2D eigenvalue weighted by molar-refractivity contribution is 6.31. The van der Waals surface area contributed by atoms with Crippen LogP contribution >= 0.6 is 11.6 Å². The minimum atomic E-state index is -0.0110. The van der Waals surface area contributed by atoms with Crippen LogP contribution in [0.1, 0.15) is 36.5 Å². The van der Waals surface area contributed by atoms with Crippen LogP contribution in [0.5, 0.6) is 0 Å². The van der Waals surface area contributed by atoms with Crippen molar-refractivity contribution in [1.82, 2.24) is 14.8 Å². The topological polar surface area (TPSA) is 56.7 Å². The Bertz CT molecular complexity index is 545. The highest BCUT2D eigenvalue weighted by Gasteiger charge is 2.11. The number of nitrogens with zero attached hydrogens (tertiary/aromatic N) is 3. The largest absolute Gasteiger partial charge is 0.323 e. The first kappa shape index (κ1) is 13.1. The summed E-state index contributed by atoms with van der Waals surface area (Å²) in [6, 6.07) is 3.89. The first-order chi connectivity index (χ1) is 8.54. The fourth-order valence-electron chi connectivity index (χ4n) is 1.83. The number of aryl methyl sites for hydroxylation is 1. The second-order valence-electron chi connectivity index (χ2n) is 4.35. The number of nitrogens with two attached hydrogens (primary N) is 1. The van der Waals surface area contributed by atoms with Gasteiger partial charge in [-0.3, -0.25) is 4.98 Å². The Kier molecular flexibility index (Phi) is 3.68. The SMILES string of the molecule is CC[C@@H](N)c1ccc(-n2nc(C)c(Cl)c2C)cn1. The van der Waals surface area contributed by atoms with Gasteiger partial charge in [0.05, 0.1) is 34.0 Å². The number of aromatic nitrogens is 3. The summed E-state index contributed by atoms with van der Waals surface area (Å²) >= 11 is 6.13. The quantitative estimate of drug-likeness (QED) is 0.927. The Morgan fingerprint density at radius 2 is 2.11 bits per heavy atom. The highest BCUT2D eigenvalue weighted by atomic mass is 35.5. The van der Waals surface area contributed by atoms with Crippen molar-refractivity contribution in [1.29, 1.82) is 0 Å². The first-order valence-electron chi connectivity index (χ1n) is 5.98. The van der Waals surface area contributed by atoms with Crippen molar-refractivity contribution in [3.8, 4) is 5.69 Å². The third-order valence-corrected chi connectivity index (χ3v) is 3.59. The first-order valence-corrected chi connectivity index (χ1v) is 6.36. The Morgan fingerprint density at radius 1 is 1.39 bits per heavy atom. The molecule has 0 radical (unpaired) electrons. The molecule has 0 amide bonds.